The molecule has 0 spiro atoms. The lowest BCUT2D eigenvalue weighted by Crippen LogP contribution is -2.32. The zero-order valence-electron chi connectivity index (χ0n) is 16.0. The molecule has 2 heterocycles. The molecule has 2 aromatic carbocycles. The summed E-state index contributed by atoms with van der Waals surface area (Å²) in [6, 6.07) is 13.7. The first-order chi connectivity index (χ1) is 14.6. The zero-order chi connectivity index (χ0) is 20.9. The maximum atomic E-state index is 12.3. The van der Waals surface area contributed by atoms with Gasteiger partial charge in [-0.2, -0.15) is 0 Å². The van der Waals surface area contributed by atoms with Crippen molar-refractivity contribution in [2.75, 3.05) is 23.3 Å². The van der Waals surface area contributed by atoms with E-state index < -0.39 is 0 Å². The van der Waals surface area contributed by atoms with Gasteiger partial charge in [-0.05, 0) is 55.0 Å². The first-order valence-electron chi connectivity index (χ1n) is 9.45. The molecule has 1 aliphatic rings. The van der Waals surface area contributed by atoms with Crippen LogP contribution in [0.3, 0.4) is 0 Å². The van der Waals surface area contributed by atoms with Gasteiger partial charge in [0.1, 0.15) is 0 Å². The summed E-state index contributed by atoms with van der Waals surface area (Å²) in [5, 5.41) is 12.7. The van der Waals surface area contributed by atoms with E-state index in [9.17, 15) is 14.4 Å². The van der Waals surface area contributed by atoms with Gasteiger partial charge in [0.05, 0.1) is 6.54 Å². The third-order valence-electron chi connectivity index (χ3n) is 4.70. The Morgan fingerprint density at radius 1 is 1.07 bits per heavy atom. The summed E-state index contributed by atoms with van der Waals surface area (Å²) in [6.07, 6.45) is 2.64. The quantitative estimate of drug-likeness (QED) is 0.649. The number of nitrogens with zero attached hydrogens (tertiary/aromatic N) is 3. The minimum absolute atomic E-state index is 0.0917. The van der Waals surface area contributed by atoms with Crippen LogP contribution in [-0.2, 0) is 9.59 Å². The number of anilines is 2. The Balaban J connectivity index is 1.28. The predicted molar refractivity (Wildman–Crippen MR) is 109 cm³/mol. The number of amides is 3. The summed E-state index contributed by atoms with van der Waals surface area (Å²) < 4.78 is 5.11. The van der Waals surface area contributed by atoms with Crippen molar-refractivity contribution in [2.24, 2.45) is 0 Å². The van der Waals surface area contributed by atoms with E-state index in [1.165, 1.54) is 6.39 Å². The Bertz CT molecular complexity index is 1050. The number of nitrogens with one attached hydrogen (secondary N) is 2. The average molecular weight is 405 g/mol. The van der Waals surface area contributed by atoms with Gasteiger partial charge in [0, 0.05) is 35.5 Å². The molecule has 1 aliphatic heterocycles. The lowest BCUT2D eigenvalue weighted by atomic mass is 10.2. The second-order valence-electron chi connectivity index (χ2n) is 6.75. The summed E-state index contributed by atoms with van der Waals surface area (Å²) in [7, 11) is 0. The monoisotopic (exact) mass is 405 g/mol. The van der Waals surface area contributed by atoms with Crippen LogP contribution in [0, 0.1) is 0 Å². The fraction of sp³-hybridized carbons (Fsp3) is 0.190. The number of carbonyl (C=O) groups excluding carboxylic acids is 3. The zero-order valence-corrected chi connectivity index (χ0v) is 16.0. The molecule has 1 aromatic heterocycles. The number of aromatic nitrogens is 2. The molecule has 3 aromatic rings. The molecule has 4 rings (SSSR count). The van der Waals surface area contributed by atoms with Gasteiger partial charge in [0.15, 0.2) is 0 Å². The molecule has 9 nitrogen and oxygen atoms in total. The third-order valence-corrected chi connectivity index (χ3v) is 4.70. The summed E-state index contributed by atoms with van der Waals surface area (Å²) in [5.74, 6) is -0.237. The Morgan fingerprint density at radius 3 is 2.47 bits per heavy atom. The van der Waals surface area contributed by atoms with Crippen LogP contribution in [-0.4, -0.2) is 41.0 Å². The first kappa shape index (κ1) is 19.3. The first-order valence-corrected chi connectivity index (χ1v) is 9.45. The van der Waals surface area contributed by atoms with Gasteiger partial charge < -0.3 is 20.0 Å². The molecule has 0 saturated carbocycles. The minimum atomic E-state index is -0.365. The number of hydrogen-bond donors (Lipinski definition) is 2. The highest BCUT2D eigenvalue weighted by molar-refractivity contribution is 6.00. The molecule has 1 saturated heterocycles. The molecule has 30 heavy (non-hydrogen) atoms. The highest BCUT2D eigenvalue weighted by atomic mass is 16.4. The summed E-state index contributed by atoms with van der Waals surface area (Å²) in [4.78, 5) is 37.9. The van der Waals surface area contributed by atoms with Crippen LogP contribution >= 0.6 is 0 Å². The molecule has 2 N–H and O–H groups in total. The van der Waals surface area contributed by atoms with Crippen molar-refractivity contribution in [3.8, 4) is 11.5 Å². The van der Waals surface area contributed by atoms with E-state index in [4.69, 9.17) is 4.42 Å². The highest BCUT2D eigenvalue weighted by Crippen LogP contribution is 2.21. The van der Waals surface area contributed by atoms with Crippen molar-refractivity contribution in [3.05, 3.63) is 60.5 Å². The van der Waals surface area contributed by atoms with Crippen molar-refractivity contribution in [2.45, 2.75) is 12.8 Å². The van der Waals surface area contributed by atoms with E-state index in [-0.39, 0.29) is 24.3 Å². The topological polar surface area (TPSA) is 117 Å². The standard InChI is InChI=1S/C21H19N5O4/c27-18(24-16-7-3-15(4-8-16)21-25-23-13-30-21)12-22-20(29)14-5-9-17(10-6-14)26-11-1-2-19(26)28/h3-10,13H,1-2,11-12H2,(H,22,29)(H,24,27). The predicted octanol–water partition coefficient (Wildman–Crippen LogP) is 2.23. The maximum absolute atomic E-state index is 12.3. The van der Waals surface area contributed by atoms with Crippen LogP contribution in [0.2, 0.25) is 0 Å². The van der Waals surface area contributed by atoms with Crippen molar-refractivity contribution in [1.29, 1.82) is 0 Å². The van der Waals surface area contributed by atoms with Crippen molar-refractivity contribution < 1.29 is 18.8 Å². The fourth-order valence-electron chi connectivity index (χ4n) is 3.18. The fourth-order valence-corrected chi connectivity index (χ4v) is 3.18. The molecule has 0 unspecified atom stereocenters. The molecule has 9 heteroatoms. The van der Waals surface area contributed by atoms with Crippen molar-refractivity contribution in [1.82, 2.24) is 15.5 Å². The SMILES string of the molecule is O=C(CNC(=O)c1ccc(N2CCCC2=O)cc1)Nc1ccc(-c2nnco2)cc1. The van der Waals surface area contributed by atoms with Gasteiger partial charge in [-0.3, -0.25) is 14.4 Å². The summed E-state index contributed by atoms with van der Waals surface area (Å²) >= 11 is 0. The summed E-state index contributed by atoms with van der Waals surface area (Å²) in [6.45, 7) is 0.525. The minimum Gasteiger partial charge on any atom is -0.423 e. The van der Waals surface area contributed by atoms with E-state index in [0.717, 1.165) is 17.7 Å². The Labute approximate surface area is 172 Å². The van der Waals surface area contributed by atoms with E-state index in [1.54, 1.807) is 53.4 Å². The normalized spacial score (nSPS) is 13.3. The van der Waals surface area contributed by atoms with Gasteiger partial charge in [-0.25, -0.2) is 0 Å². The average Bonchev–Trinajstić information content (AvgIpc) is 3.45. The molecule has 152 valence electrons. The van der Waals surface area contributed by atoms with Gasteiger partial charge in [0.25, 0.3) is 5.91 Å². The highest BCUT2D eigenvalue weighted by Gasteiger charge is 2.21. The largest absolute Gasteiger partial charge is 0.423 e. The Hall–Kier alpha value is -4.01. The number of carbonyl (C=O) groups is 3. The smallest absolute Gasteiger partial charge is 0.251 e. The van der Waals surface area contributed by atoms with Crippen LogP contribution in [0.5, 0.6) is 0 Å². The van der Waals surface area contributed by atoms with Crippen molar-refractivity contribution >= 4 is 29.1 Å². The molecular formula is C21H19N5O4. The van der Waals surface area contributed by atoms with Gasteiger partial charge in [0.2, 0.25) is 24.1 Å². The van der Waals surface area contributed by atoms with Crippen LogP contribution < -0.4 is 15.5 Å². The van der Waals surface area contributed by atoms with Gasteiger partial charge in [-0.15, -0.1) is 10.2 Å². The number of benzene rings is 2. The van der Waals surface area contributed by atoms with Crippen LogP contribution in [0.1, 0.15) is 23.2 Å². The molecule has 1 fully saturated rings. The van der Waals surface area contributed by atoms with E-state index in [0.29, 0.717) is 30.1 Å². The third kappa shape index (κ3) is 4.35. The number of rotatable bonds is 6. The lowest BCUT2D eigenvalue weighted by Gasteiger charge is -2.15. The van der Waals surface area contributed by atoms with Crippen LogP contribution in [0.25, 0.3) is 11.5 Å². The molecular weight excluding hydrogens is 386 g/mol. The van der Waals surface area contributed by atoms with Crippen LogP contribution in [0.15, 0.2) is 59.3 Å². The molecule has 0 bridgehead atoms. The Morgan fingerprint density at radius 2 is 1.83 bits per heavy atom. The molecule has 3 amide bonds. The summed E-state index contributed by atoms with van der Waals surface area (Å²) in [5.41, 5.74) is 2.51. The van der Waals surface area contributed by atoms with E-state index >= 15 is 0 Å². The molecule has 0 atom stereocenters. The van der Waals surface area contributed by atoms with E-state index in [1.807, 2.05) is 0 Å². The van der Waals surface area contributed by atoms with Crippen LogP contribution in [0.4, 0.5) is 11.4 Å². The second kappa shape index (κ2) is 8.56. The maximum Gasteiger partial charge on any atom is 0.251 e. The number of hydrogen-bond acceptors (Lipinski definition) is 6. The van der Waals surface area contributed by atoms with Gasteiger partial charge >= 0.3 is 0 Å². The molecule has 0 aliphatic carbocycles. The lowest BCUT2D eigenvalue weighted by molar-refractivity contribution is -0.117. The second-order valence-corrected chi connectivity index (χ2v) is 6.75. The van der Waals surface area contributed by atoms with Crippen molar-refractivity contribution in [3.63, 3.8) is 0 Å². The Kier molecular flexibility index (Phi) is 5.51. The molecule has 0 radical (unpaired) electrons. The van der Waals surface area contributed by atoms with Gasteiger partial charge in [-0.1, -0.05) is 0 Å². The van der Waals surface area contributed by atoms with E-state index in [2.05, 4.69) is 20.8 Å².